The zero-order chi connectivity index (χ0) is 14.5. The van der Waals surface area contributed by atoms with Crippen molar-refractivity contribution in [2.75, 3.05) is 24.1 Å². The Morgan fingerprint density at radius 3 is 2.80 bits per heavy atom. The minimum Gasteiger partial charge on any atom is -0.399 e. The average Bonchev–Trinajstić information content (AvgIpc) is 2.48. The fraction of sp³-hybridized carbons (Fsp3) is 0.562. The van der Waals surface area contributed by atoms with Crippen LogP contribution >= 0.6 is 0 Å². The molecule has 4 nitrogen and oxygen atoms in total. The molecule has 2 rings (SSSR count). The number of nitrogens with zero attached hydrogens (tertiary/aromatic N) is 1. The zero-order valence-electron chi connectivity index (χ0n) is 12.4. The van der Waals surface area contributed by atoms with Crippen molar-refractivity contribution in [3.8, 4) is 0 Å². The summed E-state index contributed by atoms with van der Waals surface area (Å²) in [6.07, 6.45) is 3.68. The predicted molar refractivity (Wildman–Crippen MR) is 83.5 cm³/mol. The highest BCUT2D eigenvalue weighted by Gasteiger charge is 2.26. The summed E-state index contributed by atoms with van der Waals surface area (Å²) in [4.78, 5) is 14.6. The smallest absolute Gasteiger partial charge is 0.241 e. The second kappa shape index (κ2) is 6.75. The van der Waals surface area contributed by atoms with Crippen molar-refractivity contribution in [3.63, 3.8) is 0 Å². The first-order chi connectivity index (χ1) is 9.60. The van der Waals surface area contributed by atoms with E-state index in [9.17, 15) is 4.79 Å². The molecule has 1 saturated heterocycles. The van der Waals surface area contributed by atoms with Crippen molar-refractivity contribution in [1.82, 2.24) is 4.90 Å². The summed E-state index contributed by atoms with van der Waals surface area (Å²) in [6, 6.07) is 7.19. The number of likely N-dealkylation sites (tertiary alicyclic amines) is 1. The van der Waals surface area contributed by atoms with Crippen LogP contribution in [0.15, 0.2) is 24.3 Å². The summed E-state index contributed by atoms with van der Waals surface area (Å²) < 4.78 is 0. The van der Waals surface area contributed by atoms with Gasteiger partial charge < -0.3 is 11.1 Å². The Hall–Kier alpha value is -1.55. The normalized spacial score (nSPS) is 21.4. The molecule has 1 aromatic carbocycles. The minimum absolute atomic E-state index is 0.0616. The third-order valence-electron chi connectivity index (χ3n) is 4.23. The molecule has 1 aliphatic rings. The maximum Gasteiger partial charge on any atom is 0.241 e. The van der Waals surface area contributed by atoms with Crippen molar-refractivity contribution >= 4 is 17.3 Å². The van der Waals surface area contributed by atoms with E-state index in [1.165, 1.54) is 19.3 Å². The molecule has 1 aliphatic heterocycles. The van der Waals surface area contributed by atoms with Gasteiger partial charge in [0.25, 0.3) is 0 Å². The first-order valence-electron chi connectivity index (χ1n) is 7.50. The molecule has 1 aromatic rings. The predicted octanol–water partition coefficient (Wildman–Crippen LogP) is 2.72. The summed E-state index contributed by atoms with van der Waals surface area (Å²) in [5.74, 6) is 0.794. The molecule has 1 fully saturated rings. The number of amides is 1. The monoisotopic (exact) mass is 275 g/mol. The number of hydrogen-bond acceptors (Lipinski definition) is 3. The van der Waals surface area contributed by atoms with Gasteiger partial charge in [-0.2, -0.15) is 0 Å². The Balaban J connectivity index is 1.92. The molecule has 20 heavy (non-hydrogen) atoms. The molecule has 0 saturated carbocycles. The first-order valence-corrected chi connectivity index (χ1v) is 7.50. The van der Waals surface area contributed by atoms with Crippen LogP contribution in [-0.4, -0.2) is 29.9 Å². The van der Waals surface area contributed by atoms with E-state index in [1.54, 1.807) is 12.1 Å². The van der Waals surface area contributed by atoms with Gasteiger partial charge in [0.2, 0.25) is 5.91 Å². The van der Waals surface area contributed by atoms with E-state index in [-0.39, 0.29) is 11.9 Å². The third kappa shape index (κ3) is 3.73. The van der Waals surface area contributed by atoms with Gasteiger partial charge in [-0.25, -0.2) is 0 Å². The van der Waals surface area contributed by atoms with E-state index in [1.807, 2.05) is 19.1 Å². The van der Waals surface area contributed by atoms with Gasteiger partial charge in [-0.05, 0) is 56.5 Å². The van der Waals surface area contributed by atoms with Crippen LogP contribution in [0.25, 0.3) is 0 Å². The number of rotatable bonds is 4. The molecule has 0 bridgehead atoms. The highest BCUT2D eigenvalue weighted by Crippen LogP contribution is 2.21. The molecule has 110 valence electrons. The summed E-state index contributed by atoms with van der Waals surface area (Å²) in [5, 5.41) is 2.96. The number of nitrogens with two attached hydrogens (primary N) is 1. The highest BCUT2D eigenvalue weighted by atomic mass is 16.2. The standard InChI is InChI=1S/C16H25N3O/c1-3-13-5-4-10-19(11-13)12(2)16(20)18-15-8-6-14(17)7-9-15/h6-9,12-13H,3-5,10-11,17H2,1-2H3,(H,18,20). The lowest BCUT2D eigenvalue weighted by molar-refractivity contribution is -0.121. The van der Waals surface area contributed by atoms with Gasteiger partial charge in [0.05, 0.1) is 6.04 Å². The van der Waals surface area contributed by atoms with E-state index in [0.717, 1.165) is 24.7 Å². The second-order valence-electron chi connectivity index (χ2n) is 5.70. The van der Waals surface area contributed by atoms with Gasteiger partial charge in [-0.3, -0.25) is 9.69 Å². The Morgan fingerprint density at radius 1 is 1.45 bits per heavy atom. The molecule has 3 N–H and O–H groups in total. The van der Waals surface area contributed by atoms with Crippen LogP contribution in [0.3, 0.4) is 0 Å². The Labute approximate surface area is 121 Å². The van der Waals surface area contributed by atoms with E-state index < -0.39 is 0 Å². The molecule has 0 aromatic heterocycles. The molecule has 4 heteroatoms. The molecule has 1 heterocycles. The summed E-state index contributed by atoms with van der Waals surface area (Å²) in [7, 11) is 0. The molecule has 0 spiro atoms. The summed E-state index contributed by atoms with van der Waals surface area (Å²) in [5.41, 5.74) is 7.16. The van der Waals surface area contributed by atoms with Crippen LogP contribution in [-0.2, 0) is 4.79 Å². The number of benzene rings is 1. The van der Waals surface area contributed by atoms with Crippen molar-refractivity contribution in [2.45, 2.75) is 39.2 Å². The van der Waals surface area contributed by atoms with Crippen LogP contribution in [0.2, 0.25) is 0 Å². The number of nitrogen functional groups attached to an aromatic ring is 1. The lowest BCUT2D eigenvalue weighted by atomic mass is 9.94. The molecular weight excluding hydrogens is 250 g/mol. The molecule has 2 unspecified atom stereocenters. The van der Waals surface area contributed by atoms with Crippen molar-refractivity contribution in [3.05, 3.63) is 24.3 Å². The highest BCUT2D eigenvalue weighted by molar-refractivity contribution is 5.94. The SMILES string of the molecule is CCC1CCCN(C(C)C(=O)Nc2ccc(N)cc2)C1. The van der Waals surface area contributed by atoms with E-state index >= 15 is 0 Å². The quantitative estimate of drug-likeness (QED) is 0.831. The zero-order valence-corrected chi connectivity index (χ0v) is 12.4. The maximum atomic E-state index is 12.3. The molecule has 0 aliphatic carbocycles. The number of carbonyl (C=O) groups excluding carboxylic acids is 1. The van der Waals surface area contributed by atoms with Gasteiger partial charge in [0.15, 0.2) is 0 Å². The lowest BCUT2D eigenvalue weighted by Crippen LogP contribution is -2.47. The Morgan fingerprint density at radius 2 is 2.15 bits per heavy atom. The number of nitrogens with one attached hydrogen (secondary N) is 1. The molecular formula is C16H25N3O. The molecule has 0 radical (unpaired) electrons. The van der Waals surface area contributed by atoms with Gasteiger partial charge in [0, 0.05) is 17.9 Å². The molecule has 2 atom stereocenters. The van der Waals surface area contributed by atoms with Crippen molar-refractivity contribution in [1.29, 1.82) is 0 Å². The largest absolute Gasteiger partial charge is 0.399 e. The van der Waals surface area contributed by atoms with E-state index in [0.29, 0.717) is 5.69 Å². The van der Waals surface area contributed by atoms with Gasteiger partial charge in [-0.1, -0.05) is 13.3 Å². The van der Waals surface area contributed by atoms with Gasteiger partial charge in [-0.15, -0.1) is 0 Å². The van der Waals surface area contributed by atoms with Crippen LogP contribution < -0.4 is 11.1 Å². The maximum absolute atomic E-state index is 12.3. The van der Waals surface area contributed by atoms with Gasteiger partial charge >= 0.3 is 0 Å². The summed E-state index contributed by atoms with van der Waals surface area (Å²) in [6.45, 7) is 6.28. The van der Waals surface area contributed by atoms with Crippen LogP contribution in [0, 0.1) is 5.92 Å². The topological polar surface area (TPSA) is 58.4 Å². The second-order valence-corrected chi connectivity index (χ2v) is 5.70. The van der Waals surface area contributed by atoms with Gasteiger partial charge in [0.1, 0.15) is 0 Å². The lowest BCUT2D eigenvalue weighted by Gasteiger charge is -2.35. The van der Waals surface area contributed by atoms with Crippen LogP contribution in [0.4, 0.5) is 11.4 Å². The van der Waals surface area contributed by atoms with Crippen LogP contribution in [0.1, 0.15) is 33.1 Å². The first kappa shape index (κ1) is 14.9. The van der Waals surface area contributed by atoms with Crippen molar-refractivity contribution in [2.24, 2.45) is 5.92 Å². The van der Waals surface area contributed by atoms with Crippen LogP contribution in [0.5, 0.6) is 0 Å². The fourth-order valence-electron chi connectivity index (χ4n) is 2.76. The minimum atomic E-state index is -0.0816. The Bertz CT molecular complexity index is 444. The molecule has 1 amide bonds. The summed E-state index contributed by atoms with van der Waals surface area (Å²) >= 11 is 0. The fourth-order valence-corrected chi connectivity index (χ4v) is 2.76. The number of carbonyl (C=O) groups is 1. The Kier molecular flexibility index (Phi) is 5.01. The number of piperidine rings is 1. The van der Waals surface area contributed by atoms with E-state index in [4.69, 9.17) is 5.73 Å². The third-order valence-corrected chi connectivity index (χ3v) is 4.23. The van der Waals surface area contributed by atoms with Crippen molar-refractivity contribution < 1.29 is 4.79 Å². The average molecular weight is 275 g/mol. The van der Waals surface area contributed by atoms with E-state index in [2.05, 4.69) is 17.1 Å². The number of hydrogen-bond donors (Lipinski definition) is 2. The number of anilines is 2.